The summed E-state index contributed by atoms with van der Waals surface area (Å²) < 4.78 is 7.16. The minimum atomic E-state index is -0.583. The van der Waals surface area contributed by atoms with E-state index in [0.29, 0.717) is 18.2 Å². The molecule has 0 saturated heterocycles. The predicted molar refractivity (Wildman–Crippen MR) is 110 cm³/mol. The van der Waals surface area contributed by atoms with Crippen molar-refractivity contribution in [2.75, 3.05) is 13.2 Å². The molecule has 0 aliphatic carbocycles. The third-order valence-electron chi connectivity index (χ3n) is 4.16. The van der Waals surface area contributed by atoms with Crippen LogP contribution in [0.4, 0.5) is 0 Å². The van der Waals surface area contributed by atoms with Crippen molar-refractivity contribution in [2.45, 2.75) is 25.7 Å². The number of rotatable bonds is 9. The van der Waals surface area contributed by atoms with Crippen molar-refractivity contribution >= 4 is 24.0 Å². The lowest BCUT2D eigenvalue weighted by Crippen LogP contribution is -2.32. The predicted octanol–water partition coefficient (Wildman–Crippen LogP) is 2.97. The minimum absolute atomic E-state index is 0. The number of aliphatic hydroxyl groups is 1. The standard InChI is InChI=1S/C19H22ClN5O2.ClH/c1-14(16-4-8-18(9-5-16)25-13-22-23-24-25)21-10-19(26)12-27-11-15-2-6-17(20)7-3-15;/h2-9,13-14,19,21,26H,10-12H2,1H3;1H. The number of nitrogens with zero attached hydrogens (tertiary/aromatic N) is 4. The van der Waals surface area contributed by atoms with Gasteiger partial charge in [0, 0.05) is 17.6 Å². The lowest BCUT2D eigenvalue weighted by Gasteiger charge is -2.18. The van der Waals surface area contributed by atoms with E-state index in [-0.39, 0.29) is 25.1 Å². The van der Waals surface area contributed by atoms with Crippen molar-refractivity contribution in [3.8, 4) is 5.69 Å². The van der Waals surface area contributed by atoms with Crippen LogP contribution in [0.5, 0.6) is 0 Å². The molecule has 2 aromatic carbocycles. The Bertz CT molecular complexity index is 813. The fourth-order valence-corrected chi connectivity index (χ4v) is 2.70. The van der Waals surface area contributed by atoms with Gasteiger partial charge in [0.25, 0.3) is 0 Å². The van der Waals surface area contributed by atoms with Crippen molar-refractivity contribution in [3.63, 3.8) is 0 Å². The van der Waals surface area contributed by atoms with Gasteiger partial charge >= 0.3 is 0 Å². The first-order chi connectivity index (χ1) is 13.1. The van der Waals surface area contributed by atoms with Crippen molar-refractivity contribution in [2.24, 2.45) is 0 Å². The van der Waals surface area contributed by atoms with Crippen LogP contribution >= 0.6 is 24.0 Å². The van der Waals surface area contributed by atoms with Gasteiger partial charge in [-0.25, -0.2) is 4.68 Å². The summed E-state index contributed by atoms with van der Waals surface area (Å²) in [5.41, 5.74) is 3.03. The Balaban J connectivity index is 0.00000280. The maximum absolute atomic E-state index is 10.1. The lowest BCUT2D eigenvalue weighted by molar-refractivity contribution is 0.0278. The molecule has 0 amide bonds. The first kappa shape index (κ1) is 22.3. The fourth-order valence-electron chi connectivity index (χ4n) is 2.58. The van der Waals surface area contributed by atoms with Crippen LogP contribution in [0.3, 0.4) is 0 Å². The highest BCUT2D eigenvalue weighted by Crippen LogP contribution is 2.15. The maximum atomic E-state index is 10.1. The zero-order valence-electron chi connectivity index (χ0n) is 15.4. The van der Waals surface area contributed by atoms with E-state index in [2.05, 4.69) is 20.8 Å². The molecule has 0 radical (unpaired) electrons. The van der Waals surface area contributed by atoms with Gasteiger partial charge < -0.3 is 15.2 Å². The zero-order valence-corrected chi connectivity index (χ0v) is 17.0. The van der Waals surface area contributed by atoms with Crippen LogP contribution in [0.15, 0.2) is 54.9 Å². The second kappa shape index (κ2) is 11.1. The van der Waals surface area contributed by atoms with Gasteiger partial charge in [0.15, 0.2) is 0 Å². The number of tetrazole rings is 1. The van der Waals surface area contributed by atoms with Crippen LogP contribution in [0.1, 0.15) is 24.1 Å². The van der Waals surface area contributed by atoms with Gasteiger partial charge in [0.2, 0.25) is 0 Å². The van der Waals surface area contributed by atoms with Crippen molar-refractivity contribution in [1.29, 1.82) is 0 Å². The van der Waals surface area contributed by atoms with Gasteiger partial charge in [-0.2, -0.15) is 0 Å². The van der Waals surface area contributed by atoms with Gasteiger partial charge in [0.05, 0.1) is 25.0 Å². The highest BCUT2D eigenvalue weighted by Gasteiger charge is 2.10. The SMILES string of the molecule is CC(NCC(O)COCc1ccc(Cl)cc1)c1ccc(-n2cnnn2)cc1.Cl. The highest BCUT2D eigenvalue weighted by atomic mass is 35.5. The third kappa shape index (κ3) is 6.54. The molecule has 2 unspecified atom stereocenters. The Morgan fingerprint density at radius 1 is 1.14 bits per heavy atom. The van der Waals surface area contributed by atoms with Crippen LogP contribution in [0.2, 0.25) is 5.02 Å². The molecular formula is C19H23Cl2N5O2. The molecule has 0 aliphatic rings. The summed E-state index contributed by atoms with van der Waals surface area (Å²) >= 11 is 5.85. The van der Waals surface area contributed by atoms with Crippen LogP contribution in [-0.2, 0) is 11.3 Å². The monoisotopic (exact) mass is 423 g/mol. The fraction of sp³-hybridized carbons (Fsp3) is 0.316. The number of aromatic nitrogens is 4. The third-order valence-corrected chi connectivity index (χ3v) is 4.41. The maximum Gasteiger partial charge on any atom is 0.143 e. The molecule has 1 aromatic heterocycles. The highest BCUT2D eigenvalue weighted by molar-refractivity contribution is 6.30. The number of nitrogens with one attached hydrogen (secondary N) is 1. The van der Waals surface area contributed by atoms with E-state index >= 15 is 0 Å². The lowest BCUT2D eigenvalue weighted by atomic mass is 10.1. The van der Waals surface area contributed by atoms with Gasteiger partial charge in [-0.05, 0) is 52.7 Å². The van der Waals surface area contributed by atoms with E-state index < -0.39 is 6.10 Å². The summed E-state index contributed by atoms with van der Waals surface area (Å²) in [6, 6.07) is 15.5. The van der Waals surface area contributed by atoms with Gasteiger partial charge in [-0.3, -0.25) is 0 Å². The summed E-state index contributed by atoms with van der Waals surface area (Å²) in [4.78, 5) is 0. The molecule has 150 valence electrons. The number of aliphatic hydroxyl groups excluding tert-OH is 1. The van der Waals surface area contributed by atoms with Gasteiger partial charge in [-0.1, -0.05) is 35.9 Å². The topological polar surface area (TPSA) is 85.1 Å². The molecule has 0 bridgehead atoms. The Hall–Kier alpha value is -2.03. The Morgan fingerprint density at radius 3 is 2.50 bits per heavy atom. The van der Waals surface area contributed by atoms with Crippen LogP contribution in [0, 0.1) is 0 Å². The number of benzene rings is 2. The summed E-state index contributed by atoms with van der Waals surface area (Å²) in [7, 11) is 0. The Morgan fingerprint density at radius 2 is 1.86 bits per heavy atom. The van der Waals surface area contributed by atoms with E-state index in [4.69, 9.17) is 16.3 Å². The molecule has 7 nitrogen and oxygen atoms in total. The van der Waals surface area contributed by atoms with Crippen molar-refractivity contribution in [3.05, 3.63) is 71.0 Å². The molecule has 0 fully saturated rings. The summed E-state index contributed by atoms with van der Waals surface area (Å²) in [5, 5.41) is 25.2. The van der Waals surface area contributed by atoms with E-state index in [0.717, 1.165) is 16.8 Å². The second-order valence-electron chi connectivity index (χ2n) is 6.27. The molecule has 3 aromatic rings. The summed E-state index contributed by atoms with van der Waals surface area (Å²) in [5.74, 6) is 0. The van der Waals surface area contributed by atoms with E-state index in [1.54, 1.807) is 11.0 Å². The average Bonchev–Trinajstić information content (AvgIpc) is 3.22. The average molecular weight is 424 g/mol. The molecule has 3 rings (SSSR count). The van der Waals surface area contributed by atoms with Crippen LogP contribution in [0.25, 0.3) is 5.69 Å². The van der Waals surface area contributed by atoms with E-state index in [1.165, 1.54) is 0 Å². The Labute approximate surface area is 175 Å². The van der Waals surface area contributed by atoms with Crippen LogP contribution < -0.4 is 5.32 Å². The largest absolute Gasteiger partial charge is 0.389 e. The van der Waals surface area contributed by atoms with Gasteiger partial charge in [0.1, 0.15) is 6.33 Å². The molecule has 0 spiro atoms. The van der Waals surface area contributed by atoms with Crippen LogP contribution in [-0.4, -0.2) is 44.6 Å². The molecule has 1 heterocycles. The Kier molecular flexibility index (Phi) is 8.82. The molecule has 0 aliphatic heterocycles. The quantitative estimate of drug-likeness (QED) is 0.550. The molecular weight excluding hydrogens is 401 g/mol. The van der Waals surface area contributed by atoms with E-state index in [9.17, 15) is 5.11 Å². The minimum Gasteiger partial charge on any atom is -0.389 e. The zero-order chi connectivity index (χ0) is 19.1. The molecule has 2 atom stereocenters. The number of ether oxygens (including phenoxy) is 1. The van der Waals surface area contributed by atoms with Crippen molar-refractivity contribution < 1.29 is 9.84 Å². The van der Waals surface area contributed by atoms with Crippen molar-refractivity contribution in [1.82, 2.24) is 25.5 Å². The number of halogens is 2. The summed E-state index contributed by atoms with van der Waals surface area (Å²) in [6.07, 6.45) is 0.970. The molecule has 28 heavy (non-hydrogen) atoms. The molecule has 9 heteroatoms. The number of hydrogen-bond donors (Lipinski definition) is 2. The van der Waals surface area contributed by atoms with Gasteiger partial charge in [-0.15, -0.1) is 17.5 Å². The second-order valence-corrected chi connectivity index (χ2v) is 6.71. The summed E-state index contributed by atoms with van der Waals surface area (Å²) in [6.45, 7) is 3.20. The van der Waals surface area contributed by atoms with E-state index in [1.807, 2.05) is 55.5 Å². The molecule has 0 saturated carbocycles. The smallest absolute Gasteiger partial charge is 0.143 e. The number of hydrogen-bond acceptors (Lipinski definition) is 6. The normalized spacial score (nSPS) is 13.0. The first-order valence-electron chi connectivity index (χ1n) is 8.69. The first-order valence-corrected chi connectivity index (χ1v) is 9.06. The molecule has 2 N–H and O–H groups in total.